The Morgan fingerprint density at radius 3 is 2.57 bits per heavy atom. The molecule has 0 unspecified atom stereocenters. The number of anilines is 1. The van der Waals surface area contributed by atoms with Crippen molar-refractivity contribution in [2.24, 2.45) is 0 Å². The molecule has 202 valence electrons. The lowest BCUT2D eigenvalue weighted by Crippen LogP contribution is -2.53. The molecule has 0 radical (unpaired) electrons. The first-order valence-corrected chi connectivity index (χ1v) is 12.5. The molecule has 1 saturated heterocycles. The Morgan fingerprint density at radius 2 is 1.89 bits per heavy atom. The van der Waals surface area contributed by atoms with E-state index in [0.717, 1.165) is 44.5 Å². The number of benzene rings is 2. The Kier molecular flexibility index (Phi) is 7.87. The number of ether oxygens (including phenoxy) is 2. The molecule has 2 fully saturated rings. The van der Waals surface area contributed by atoms with Gasteiger partial charge >= 0.3 is 12.2 Å². The van der Waals surface area contributed by atoms with Crippen LogP contribution in [-0.2, 0) is 11.6 Å². The van der Waals surface area contributed by atoms with Gasteiger partial charge in [0.05, 0.1) is 25.5 Å². The smallest absolute Gasteiger partial charge is 0.419 e. The molecule has 0 aromatic heterocycles. The number of nitrogens with zero attached hydrogens (tertiary/aromatic N) is 1. The minimum absolute atomic E-state index is 0.115. The Balaban J connectivity index is 1.52. The lowest BCUT2D eigenvalue weighted by molar-refractivity contribution is -0.139. The number of alkyl halides is 3. The molecule has 6 nitrogen and oxygen atoms in total. The predicted molar refractivity (Wildman–Crippen MR) is 133 cm³/mol. The van der Waals surface area contributed by atoms with Gasteiger partial charge in [0.2, 0.25) is 0 Å². The minimum atomic E-state index is -4.85. The van der Waals surface area contributed by atoms with Crippen LogP contribution in [0.25, 0.3) is 0 Å². The Labute approximate surface area is 214 Å². The van der Waals surface area contributed by atoms with E-state index < -0.39 is 29.3 Å². The first kappa shape index (κ1) is 27.0. The van der Waals surface area contributed by atoms with Crippen LogP contribution in [0.5, 0.6) is 11.5 Å². The number of nitrogens with one attached hydrogen (secondary N) is 2. The largest absolute Gasteiger partial charge is 0.493 e. The van der Waals surface area contributed by atoms with Gasteiger partial charge in [0, 0.05) is 17.5 Å². The number of halogens is 4. The molecule has 1 saturated carbocycles. The second kappa shape index (κ2) is 10.8. The molecule has 2 N–H and O–H groups in total. The molecule has 1 heterocycles. The van der Waals surface area contributed by atoms with E-state index >= 15 is 0 Å². The standard InChI is InChI=1S/C27H33F4N3O3/c1-4-13-34-14-12-26(17-8-9-21(36-2)22(15-17)37-3)11-10-18(16-23(26)34)32-25(35)33-20-7-5-6-19(24(20)28)27(29,30)31/h5-9,15,18,23H,4,10-14,16H2,1-3H3,(H2,32,33,35)/t18-,23+,26-/m0/s1. The lowest BCUT2D eigenvalue weighted by Gasteiger charge is -2.45. The summed E-state index contributed by atoms with van der Waals surface area (Å²) < 4.78 is 64.5. The van der Waals surface area contributed by atoms with Crippen LogP contribution in [-0.4, -0.2) is 50.3 Å². The average molecular weight is 524 g/mol. The number of urea groups is 1. The highest BCUT2D eigenvalue weighted by Crippen LogP contribution is 2.50. The van der Waals surface area contributed by atoms with E-state index in [9.17, 15) is 22.4 Å². The van der Waals surface area contributed by atoms with E-state index in [0.29, 0.717) is 30.4 Å². The summed E-state index contributed by atoms with van der Waals surface area (Å²) in [6, 6.07) is 8.12. The van der Waals surface area contributed by atoms with Crippen molar-refractivity contribution < 1.29 is 31.8 Å². The maximum absolute atomic E-state index is 14.4. The van der Waals surface area contributed by atoms with E-state index in [4.69, 9.17) is 9.47 Å². The Morgan fingerprint density at radius 1 is 1.14 bits per heavy atom. The van der Waals surface area contributed by atoms with Crippen LogP contribution < -0.4 is 20.1 Å². The third-order valence-corrected chi connectivity index (χ3v) is 7.73. The number of carbonyl (C=O) groups is 1. The van der Waals surface area contributed by atoms with Crippen LogP contribution in [0.3, 0.4) is 0 Å². The molecular weight excluding hydrogens is 490 g/mol. The average Bonchev–Trinajstić information content (AvgIpc) is 3.23. The van der Waals surface area contributed by atoms with Crippen LogP contribution in [0.2, 0.25) is 0 Å². The van der Waals surface area contributed by atoms with Gasteiger partial charge in [0.25, 0.3) is 0 Å². The molecular formula is C27H33F4N3O3. The predicted octanol–water partition coefficient (Wildman–Crippen LogP) is 5.96. The number of hydrogen-bond donors (Lipinski definition) is 2. The molecule has 2 aromatic rings. The summed E-state index contributed by atoms with van der Waals surface area (Å²) in [5, 5.41) is 5.13. The van der Waals surface area contributed by atoms with Gasteiger partial charge < -0.3 is 20.1 Å². The fourth-order valence-electron chi connectivity index (χ4n) is 6.00. The maximum atomic E-state index is 14.4. The number of methoxy groups -OCH3 is 2. The monoisotopic (exact) mass is 523 g/mol. The highest BCUT2D eigenvalue weighted by atomic mass is 19.4. The molecule has 0 spiro atoms. The van der Waals surface area contributed by atoms with Crippen molar-refractivity contribution in [2.75, 3.05) is 32.6 Å². The summed E-state index contributed by atoms with van der Waals surface area (Å²) in [6.45, 7) is 3.99. The van der Waals surface area contributed by atoms with Gasteiger partial charge in [-0.1, -0.05) is 19.1 Å². The van der Waals surface area contributed by atoms with Crippen molar-refractivity contribution in [3.63, 3.8) is 0 Å². The summed E-state index contributed by atoms with van der Waals surface area (Å²) in [5.74, 6) is -0.160. The second-order valence-corrected chi connectivity index (χ2v) is 9.76. The molecule has 1 aliphatic heterocycles. The van der Waals surface area contributed by atoms with Crippen molar-refractivity contribution in [1.82, 2.24) is 10.2 Å². The van der Waals surface area contributed by atoms with Crippen LogP contribution in [0, 0.1) is 5.82 Å². The third kappa shape index (κ3) is 5.35. The van der Waals surface area contributed by atoms with Gasteiger partial charge in [-0.2, -0.15) is 13.2 Å². The molecule has 1 aliphatic carbocycles. The topological polar surface area (TPSA) is 62.8 Å². The van der Waals surface area contributed by atoms with Crippen molar-refractivity contribution in [3.05, 3.63) is 53.3 Å². The van der Waals surface area contributed by atoms with Gasteiger partial charge in [0.1, 0.15) is 0 Å². The van der Waals surface area contributed by atoms with E-state index in [1.807, 2.05) is 12.1 Å². The molecule has 2 aliphatic rings. The molecule has 10 heteroatoms. The zero-order chi connectivity index (χ0) is 26.8. The second-order valence-electron chi connectivity index (χ2n) is 9.76. The van der Waals surface area contributed by atoms with Crippen LogP contribution in [0.1, 0.15) is 50.2 Å². The van der Waals surface area contributed by atoms with Crippen molar-refractivity contribution in [1.29, 1.82) is 0 Å². The fraction of sp³-hybridized carbons (Fsp3) is 0.519. The molecule has 2 aromatic carbocycles. The van der Waals surface area contributed by atoms with Gasteiger partial charge in [-0.25, -0.2) is 9.18 Å². The van der Waals surface area contributed by atoms with Crippen molar-refractivity contribution >= 4 is 11.7 Å². The first-order chi connectivity index (χ1) is 17.6. The van der Waals surface area contributed by atoms with E-state index in [2.05, 4.69) is 28.5 Å². The van der Waals surface area contributed by atoms with Crippen molar-refractivity contribution in [2.45, 2.75) is 62.7 Å². The Bertz CT molecular complexity index is 1130. The number of hydrogen-bond acceptors (Lipinski definition) is 4. The van der Waals surface area contributed by atoms with Gasteiger partial charge in [-0.3, -0.25) is 4.90 Å². The highest BCUT2D eigenvalue weighted by molar-refractivity contribution is 5.89. The molecule has 2 amide bonds. The van der Waals surface area contributed by atoms with E-state index in [1.54, 1.807) is 14.2 Å². The van der Waals surface area contributed by atoms with Gasteiger partial charge in [0.15, 0.2) is 17.3 Å². The normalized spacial score (nSPS) is 23.9. The fourth-order valence-corrected chi connectivity index (χ4v) is 6.00. The maximum Gasteiger partial charge on any atom is 0.419 e. The number of carbonyl (C=O) groups excluding carboxylic acids is 1. The van der Waals surface area contributed by atoms with Crippen LogP contribution in [0.15, 0.2) is 36.4 Å². The van der Waals surface area contributed by atoms with Crippen LogP contribution >= 0.6 is 0 Å². The third-order valence-electron chi connectivity index (χ3n) is 7.73. The summed E-state index contributed by atoms with van der Waals surface area (Å²) in [4.78, 5) is 15.1. The molecule has 4 rings (SSSR count). The summed E-state index contributed by atoms with van der Waals surface area (Å²) in [6.07, 6.45) is -0.708. The SMILES string of the molecule is CCCN1CC[C@]2(c3ccc(OC)c(OC)c3)CC[C@H](NC(=O)Nc3cccc(C(F)(F)F)c3F)C[C@@H]12. The summed E-state index contributed by atoms with van der Waals surface area (Å²) >= 11 is 0. The number of rotatable bonds is 7. The van der Waals surface area contributed by atoms with Crippen LogP contribution in [0.4, 0.5) is 28.0 Å². The van der Waals surface area contributed by atoms with Gasteiger partial charge in [-0.05, 0) is 75.0 Å². The van der Waals surface area contributed by atoms with Gasteiger partial charge in [-0.15, -0.1) is 0 Å². The molecule has 0 bridgehead atoms. The lowest BCUT2D eigenvalue weighted by atomic mass is 9.65. The molecule has 3 atom stereocenters. The Hall–Kier alpha value is -3.01. The van der Waals surface area contributed by atoms with E-state index in [-0.39, 0.29) is 17.5 Å². The highest BCUT2D eigenvalue weighted by Gasteiger charge is 2.51. The number of likely N-dealkylation sites (tertiary alicyclic amines) is 1. The summed E-state index contributed by atoms with van der Waals surface area (Å²) in [7, 11) is 3.21. The number of fused-ring (bicyclic) bond motifs is 1. The number of amides is 2. The molecule has 37 heavy (non-hydrogen) atoms. The van der Waals surface area contributed by atoms with Crippen molar-refractivity contribution in [3.8, 4) is 11.5 Å². The zero-order valence-corrected chi connectivity index (χ0v) is 21.3. The zero-order valence-electron chi connectivity index (χ0n) is 21.3. The summed E-state index contributed by atoms with van der Waals surface area (Å²) in [5.41, 5.74) is -0.862. The minimum Gasteiger partial charge on any atom is -0.493 e. The van der Waals surface area contributed by atoms with E-state index in [1.165, 1.54) is 5.56 Å². The first-order valence-electron chi connectivity index (χ1n) is 12.5. The quantitative estimate of drug-likeness (QED) is 0.440.